The monoisotopic (exact) mass is 432 g/mol. The van der Waals surface area contributed by atoms with Crippen molar-refractivity contribution in [1.82, 2.24) is 15.0 Å². The van der Waals surface area contributed by atoms with E-state index in [4.69, 9.17) is 4.74 Å². The largest absolute Gasteiger partial charge is 0.495 e. The fraction of sp³-hybridized carbons (Fsp3) is 0.200. The third-order valence-electron chi connectivity index (χ3n) is 4.07. The summed E-state index contributed by atoms with van der Waals surface area (Å²) in [5, 5.41) is 8.10. The first-order chi connectivity index (χ1) is 14.8. The van der Waals surface area contributed by atoms with Crippen LogP contribution in [0.1, 0.15) is 18.9 Å². The van der Waals surface area contributed by atoms with Crippen LogP contribution in [0, 0.1) is 0 Å². The van der Waals surface area contributed by atoms with Gasteiger partial charge in [0.1, 0.15) is 17.1 Å². The summed E-state index contributed by atoms with van der Waals surface area (Å²) in [6.45, 7) is 1.67. The number of para-hydroxylation sites is 2. The lowest BCUT2D eigenvalue weighted by atomic mass is 10.2. The van der Waals surface area contributed by atoms with Gasteiger partial charge in [-0.1, -0.05) is 19.1 Å². The van der Waals surface area contributed by atoms with Gasteiger partial charge in [-0.2, -0.15) is 18.2 Å². The van der Waals surface area contributed by atoms with Gasteiger partial charge in [0.2, 0.25) is 11.9 Å². The van der Waals surface area contributed by atoms with Crippen LogP contribution in [-0.4, -0.2) is 28.0 Å². The maximum Gasteiger partial charge on any atom is 0.421 e. The fourth-order valence-electron chi connectivity index (χ4n) is 2.54. The zero-order chi connectivity index (χ0) is 22.4. The smallest absolute Gasteiger partial charge is 0.421 e. The minimum Gasteiger partial charge on any atom is -0.495 e. The van der Waals surface area contributed by atoms with Crippen molar-refractivity contribution in [3.05, 3.63) is 54.5 Å². The summed E-state index contributed by atoms with van der Waals surface area (Å²) in [6.07, 6.45) is -0.865. The lowest BCUT2D eigenvalue weighted by Gasteiger charge is -2.17. The van der Waals surface area contributed by atoms with Crippen LogP contribution in [0.5, 0.6) is 5.75 Å². The summed E-state index contributed by atoms with van der Waals surface area (Å²) in [5.41, 5.74) is -0.0470. The zero-order valence-corrected chi connectivity index (χ0v) is 16.6. The Kier molecular flexibility index (Phi) is 6.53. The summed E-state index contributed by atoms with van der Waals surface area (Å²) in [6, 6.07) is 7.98. The first-order valence-corrected chi connectivity index (χ1v) is 9.16. The van der Waals surface area contributed by atoms with Crippen LogP contribution in [-0.2, 0) is 11.0 Å². The van der Waals surface area contributed by atoms with Gasteiger partial charge in [0.25, 0.3) is 0 Å². The van der Waals surface area contributed by atoms with E-state index in [9.17, 15) is 18.0 Å². The molecule has 3 rings (SSSR count). The molecule has 31 heavy (non-hydrogen) atoms. The lowest BCUT2D eigenvalue weighted by molar-refractivity contribution is -0.137. The molecule has 1 amide bonds. The number of methoxy groups -OCH3 is 1. The number of carbonyl (C=O) groups is 1. The van der Waals surface area contributed by atoms with E-state index in [1.165, 1.54) is 25.6 Å². The maximum atomic E-state index is 13.5. The molecule has 0 spiro atoms. The number of carbonyl (C=O) groups excluding carboxylic acids is 1. The number of hydrogen-bond donors (Lipinski definition) is 3. The highest BCUT2D eigenvalue weighted by molar-refractivity contribution is 5.94. The van der Waals surface area contributed by atoms with E-state index in [0.29, 0.717) is 23.3 Å². The highest BCUT2D eigenvalue weighted by atomic mass is 19.4. The number of anilines is 5. The molecule has 1 aromatic carbocycles. The van der Waals surface area contributed by atoms with Gasteiger partial charge in [-0.15, -0.1) is 0 Å². The van der Waals surface area contributed by atoms with Crippen LogP contribution < -0.4 is 20.7 Å². The lowest BCUT2D eigenvalue weighted by Crippen LogP contribution is -2.14. The highest BCUT2D eigenvalue weighted by Gasteiger charge is 2.35. The van der Waals surface area contributed by atoms with E-state index < -0.39 is 17.6 Å². The van der Waals surface area contributed by atoms with E-state index in [2.05, 4.69) is 30.9 Å². The first-order valence-electron chi connectivity index (χ1n) is 9.16. The van der Waals surface area contributed by atoms with Crippen LogP contribution >= 0.6 is 0 Å². The zero-order valence-electron chi connectivity index (χ0n) is 16.6. The number of aromatic nitrogens is 3. The molecule has 0 saturated heterocycles. The Morgan fingerprint density at radius 2 is 1.84 bits per heavy atom. The molecule has 2 aromatic heterocycles. The average Bonchev–Trinajstić information content (AvgIpc) is 2.74. The molecule has 8 nitrogen and oxygen atoms in total. The van der Waals surface area contributed by atoms with E-state index in [1.54, 1.807) is 31.2 Å². The van der Waals surface area contributed by atoms with Gasteiger partial charge in [-0.05, 0) is 12.1 Å². The number of rotatable bonds is 7. The number of nitrogens with one attached hydrogen (secondary N) is 3. The Labute approximate surface area is 175 Å². The quantitative estimate of drug-likeness (QED) is 0.496. The number of halogens is 3. The van der Waals surface area contributed by atoms with Gasteiger partial charge in [-0.3, -0.25) is 9.78 Å². The van der Waals surface area contributed by atoms with Crippen molar-refractivity contribution in [3.63, 3.8) is 0 Å². The van der Waals surface area contributed by atoms with Crippen molar-refractivity contribution in [2.24, 2.45) is 0 Å². The number of pyridine rings is 1. The number of amides is 1. The van der Waals surface area contributed by atoms with Gasteiger partial charge in [0.15, 0.2) is 0 Å². The van der Waals surface area contributed by atoms with Crippen LogP contribution in [0.2, 0.25) is 0 Å². The van der Waals surface area contributed by atoms with Gasteiger partial charge in [-0.25, -0.2) is 4.98 Å². The molecule has 11 heteroatoms. The van der Waals surface area contributed by atoms with Crippen molar-refractivity contribution in [2.45, 2.75) is 19.5 Å². The standard InChI is InChI=1S/C20H19F3N6O2/c1-3-17(30)27-15-6-4-5-7-16(15)28-18-14(20(21,22)23)11-25-19(29-18)26-12-8-13(31-2)10-24-9-12/h4-11H,3H2,1-2H3,(H,27,30)(H2,25,26,28,29). The molecule has 2 heterocycles. The van der Waals surface area contributed by atoms with Crippen LogP contribution in [0.4, 0.5) is 42.0 Å². The Bertz CT molecular complexity index is 1070. The number of benzene rings is 1. The molecule has 0 radical (unpaired) electrons. The van der Waals surface area contributed by atoms with Gasteiger partial charge in [0.05, 0.1) is 36.6 Å². The summed E-state index contributed by atoms with van der Waals surface area (Å²) < 4.78 is 45.7. The van der Waals surface area contributed by atoms with E-state index in [0.717, 1.165) is 0 Å². The van der Waals surface area contributed by atoms with Gasteiger partial charge >= 0.3 is 6.18 Å². The first kappa shape index (κ1) is 21.8. The average molecular weight is 432 g/mol. The minimum absolute atomic E-state index is 0.0828. The predicted molar refractivity (Wildman–Crippen MR) is 110 cm³/mol. The van der Waals surface area contributed by atoms with Crippen molar-refractivity contribution in [1.29, 1.82) is 0 Å². The predicted octanol–water partition coefficient (Wildman–Crippen LogP) is 4.73. The minimum atomic E-state index is -4.69. The molecule has 0 saturated carbocycles. The number of hydrogen-bond acceptors (Lipinski definition) is 7. The summed E-state index contributed by atoms with van der Waals surface area (Å²) in [7, 11) is 1.46. The molecule has 0 aliphatic rings. The highest BCUT2D eigenvalue weighted by Crippen LogP contribution is 2.36. The topological polar surface area (TPSA) is 101 Å². The van der Waals surface area contributed by atoms with E-state index in [-0.39, 0.29) is 24.0 Å². The van der Waals surface area contributed by atoms with Crippen LogP contribution in [0.25, 0.3) is 0 Å². The Morgan fingerprint density at radius 3 is 2.52 bits per heavy atom. The molecular weight excluding hydrogens is 413 g/mol. The fourth-order valence-corrected chi connectivity index (χ4v) is 2.54. The maximum absolute atomic E-state index is 13.5. The molecule has 162 valence electrons. The van der Waals surface area contributed by atoms with Gasteiger partial charge in [0, 0.05) is 18.7 Å². The Balaban J connectivity index is 1.96. The summed E-state index contributed by atoms with van der Waals surface area (Å²) >= 11 is 0. The SMILES string of the molecule is CCC(=O)Nc1ccccc1Nc1nc(Nc2cncc(OC)c2)ncc1C(F)(F)F. The molecular formula is C20H19F3N6O2. The van der Waals surface area contributed by atoms with E-state index in [1.807, 2.05) is 0 Å². The number of ether oxygens (including phenoxy) is 1. The van der Waals surface area contributed by atoms with Crippen molar-refractivity contribution >= 4 is 34.7 Å². The molecule has 3 N–H and O–H groups in total. The summed E-state index contributed by atoms with van der Waals surface area (Å²) in [5.74, 6) is -0.378. The second kappa shape index (κ2) is 9.28. The van der Waals surface area contributed by atoms with Crippen molar-refractivity contribution < 1.29 is 22.7 Å². The van der Waals surface area contributed by atoms with Crippen LogP contribution in [0.15, 0.2) is 48.9 Å². The summed E-state index contributed by atoms with van der Waals surface area (Å²) in [4.78, 5) is 23.5. The molecule has 0 unspecified atom stereocenters. The third-order valence-corrected chi connectivity index (χ3v) is 4.07. The second-order valence-electron chi connectivity index (χ2n) is 6.26. The molecule has 0 fully saturated rings. The molecule has 0 aliphatic heterocycles. The Morgan fingerprint density at radius 1 is 1.10 bits per heavy atom. The molecule has 0 aliphatic carbocycles. The second-order valence-corrected chi connectivity index (χ2v) is 6.26. The van der Waals surface area contributed by atoms with Crippen molar-refractivity contribution in [3.8, 4) is 5.75 Å². The van der Waals surface area contributed by atoms with Gasteiger partial charge < -0.3 is 20.7 Å². The van der Waals surface area contributed by atoms with E-state index >= 15 is 0 Å². The molecule has 3 aromatic rings. The number of alkyl halides is 3. The third kappa shape index (κ3) is 5.59. The molecule has 0 bridgehead atoms. The number of nitrogens with zero attached hydrogens (tertiary/aromatic N) is 3. The van der Waals surface area contributed by atoms with Crippen LogP contribution in [0.3, 0.4) is 0 Å². The van der Waals surface area contributed by atoms with Crippen molar-refractivity contribution in [2.75, 3.05) is 23.1 Å². The normalized spacial score (nSPS) is 11.0. The Hall–Kier alpha value is -3.89. The molecule has 0 atom stereocenters.